The smallest absolute Gasteiger partial charge is 0.360 e. The number of rotatable bonds is 5. The zero-order valence-electron chi connectivity index (χ0n) is 15.6. The lowest BCUT2D eigenvalue weighted by Gasteiger charge is -2.14. The predicted octanol–water partition coefficient (Wildman–Crippen LogP) is 2.13. The molecule has 0 radical (unpaired) electrons. The van der Waals surface area contributed by atoms with Crippen LogP contribution >= 0.6 is 0 Å². The van der Waals surface area contributed by atoms with Crippen LogP contribution in [0, 0.1) is 0 Å². The molecular weight excluding hydrogens is 362 g/mol. The number of amides is 1. The maximum atomic E-state index is 12.6. The number of nitrogens with zero attached hydrogens (tertiary/aromatic N) is 2. The molecule has 1 N–H and O–H groups in total. The van der Waals surface area contributed by atoms with Crippen molar-refractivity contribution in [2.75, 3.05) is 12.4 Å². The number of esters is 1. The summed E-state index contributed by atoms with van der Waals surface area (Å²) in [5, 5.41) is 7.38. The van der Waals surface area contributed by atoms with Gasteiger partial charge in [-0.2, -0.15) is 5.10 Å². The first-order chi connectivity index (χ1) is 13.4. The van der Waals surface area contributed by atoms with Gasteiger partial charge in [-0.1, -0.05) is 24.3 Å². The molecule has 1 amide bonds. The number of carbonyl (C=O) groups is 2. The Morgan fingerprint density at radius 2 is 1.82 bits per heavy atom. The second-order valence-electron chi connectivity index (χ2n) is 6.09. The van der Waals surface area contributed by atoms with Crippen molar-refractivity contribution in [2.24, 2.45) is 7.05 Å². The number of ether oxygens (including phenoxy) is 2. The normalized spacial score (nSPS) is 11.7. The van der Waals surface area contributed by atoms with Crippen molar-refractivity contribution in [3.05, 3.63) is 64.6 Å². The quantitative estimate of drug-likeness (QED) is 0.680. The number of methoxy groups -OCH3 is 1. The van der Waals surface area contributed by atoms with Gasteiger partial charge in [0.2, 0.25) is 0 Å². The SMILES string of the molecule is COc1cccc(NC(=O)[C@@H](C)OC(=O)c2nn(C)c(=O)c3ccccc23)c1. The Hall–Kier alpha value is -3.68. The zero-order chi connectivity index (χ0) is 20.3. The fourth-order valence-corrected chi connectivity index (χ4v) is 2.67. The molecular formula is C20H19N3O5. The highest BCUT2D eigenvalue weighted by molar-refractivity contribution is 6.03. The van der Waals surface area contributed by atoms with Gasteiger partial charge in [-0.05, 0) is 25.1 Å². The van der Waals surface area contributed by atoms with E-state index in [1.54, 1.807) is 48.5 Å². The van der Waals surface area contributed by atoms with E-state index in [-0.39, 0.29) is 11.3 Å². The molecule has 0 bridgehead atoms. The molecule has 0 aliphatic rings. The molecule has 0 aliphatic heterocycles. The average Bonchev–Trinajstić information content (AvgIpc) is 2.70. The molecule has 0 spiro atoms. The molecule has 0 saturated heterocycles. The molecule has 3 rings (SSSR count). The first-order valence-electron chi connectivity index (χ1n) is 8.52. The lowest BCUT2D eigenvalue weighted by molar-refractivity contribution is -0.123. The van der Waals surface area contributed by atoms with Gasteiger partial charge in [-0.15, -0.1) is 0 Å². The highest BCUT2D eigenvalue weighted by atomic mass is 16.5. The van der Waals surface area contributed by atoms with Crippen molar-refractivity contribution in [3.8, 4) is 5.75 Å². The van der Waals surface area contributed by atoms with Crippen LogP contribution in [-0.4, -0.2) is 34.9 Å². The van der Waals surface area contributed by atoms with Gasteiger partial charge in [-0.25, -0.2) is 9.48 Å². The van der Waals surface area contributed by atoms with E-state index < -0.39 is 18.0 Å². The minimum atomic E-state index is -1.07. The van der Waals surface area contributed by atoms with E-state index in [0.717, 1.165) is 4.68 Å². The van der Waals surface area contributed by atoms with E-state index in [0.29, 0.717) is 22.2 Å². The Morgan fingerprint density at radius 1 is 1.11 bits per heavy atom. The third-order valence-electron chi connectivity index (χ3n) is 4.14. The molecule has 3 aromatic rings. The van der Waals surface area contributed by atoms with Crippen LogP contribution in [0.5, 0.6) is 5.75 Å². The molecule has 144 valence electrons. The molecule has 1 aromatic heterocycles. The van der Waals surface area contributed by atoms with Crippen molar-refractivity contribution in [2.45, 2.75) is 13.0 Å². The molecule has 8 nitrogen and oxygen atoms in total. The lowest BCUT2D eigenvalue weighted by Crippen LogP contribution is -2.31. The lowest BCUT2D eigenvalue weighted by atomic mass is 10.1. The fraction of sp³-hybridized carbons (Fsp3) is 0.200. The number of aromatic nitrogens is 2. The number of carbonyl (C=O) groups excluding carboxylic acids is 2. The van der Waals surface area contributed by atoms with Crippen LogP contribution in [0.15, 0.2) is 53.3 Å². The van der Waals surface area contributed by atoms with E-state index >= 15 is 0 Å². The molecule has 28 heavy (non-hydrogen) atoms. The molecule has 2 aromatic carbocycles. The van der Waals surface area contributed by atoms with Crippen molar-refractivity contribution in [1.29, 1.82) is 0 Å². The number of hydrogen-bond donors (Lipinski definition) is 1. The number of aryl methyl sites for hydroxylation is 1. The van der Waals surface area contributed by atoms with Gasteiger partial charge >= 0.3 is 5.97 Å². The summed E-state index contributed by atoms with van der Waals surface area (Å²) >= 11 is 0. The maximum absolute atomic E-state index is 12.6. The predicted molar refractivity (Wildman–Crippen MR) is 103 cm³/mol. The van der Waals surface area contributed by atoms with Crippen molar-refractivity contribution in [1.82, 2.24) is 9.78 Å². The summed E-state index contributed by atoms with van der Waals surface area (Å²) in [5.74, 6) is -0.709. The number of nitrogens with one attached hydrogen (secondary N) is 1. The maximum Gasteiger partial charge on any atom is 0.360 e. The van der Waals surface area contributed by atoms with E-state index in [2.05, 4.69) is 10.4 Å². The van der Waals surface area contributed by atoms with Gasteiger partial charge in [0.25, 0.3) is 11.5 Å². The molecule has 0 aliphatic carbocycles. The van der Waals surface area contributed by atoms with Gasteiger partial charge in [0, 0.05) is 24.2 Å². The van der Waals surface area contributed by atoms with Crippen LogP contribution in [-0.2, 0) is 16.6 Å². The summed E-state index contributed by atoms with van der Waals surface area (Å²) in [4.78, 5) is 37.1. The van der Waals surface area contributed by atoms with E-state index in [4.69, 9.17) is 9.47 Å². The monoisotopic (exact) mass is 381 g/mol. The third kappa shape index (κ3) is 3.85. The summed E-state index contributed by atoms with van der Waals surface area (Å²) in [6.07, 6.45) is -1.07. The highest BCUT2D eigenvalue weighted by Crippen LogP contribution is 2.18. The second-order valence-corrected chi connectivity index (χ2v) is 6.09. The first kappa shape index (κ1) is 19.1. The summed E-state index contributed by atoms with van der Waals surface area (Å²) in [6.45, 7) is 1.46. The third-order valence-corrected chi connectivity index (χ3v) is 4.14. The van der Waals surface area contributed by atoms with Gasteiger partial charge in [0.15, 0.2) is 11.8 Å². The zero-order valence-corrected chi connectivity index (χ0v) is 15.6. The molecule has 0 unspecified atom stereocenters. The fourth-order valence-electron chi connectivity index (χ4n) is 2.67. The number of benzene rings is 2. The topological polar surface area (TPSA) is 99.5 Å². The van der Waals surface area contributed by atoms with Gasteiger partial charge in [0.1, 0.15) is 5.75 Å². The Balaban J connectivity index is 1.79. The Labute approximate surface area is 160 Å². The highest BCUT2D eigenvalue weighted by Gasteiger charge is 2.23. The van der Waals surface area contributed by atoms with Crippen LogP contribution in [0.25, 0.3) is 10.8 Å². The Bertz CT molecular complexity index is 1110. The Morgan fingerprint density at radius 3 is 2.54 bits per heavy atom. The standard InChI is InChI=1S/C20H19N3O5/c1-12(18(24)21-13-7-6-8-14(11-13)27-3)28-20(26)17-15-9-4-5-10-16(15)19(25)23(2)22-17/h4-12H,1-3H3,(H,21,24)/t12-/m1/s1. The van der Waals surface area contributed by atoms with E-state index in [9.17, 15) is 14.4 Å². The van der Waals surface area contributed by atoms with E-state index in [1.807, 2.05) is 0 Å². The number of fused-ring (bicyclic) bond motifs is 1. The second kappa shape index (κ2) is 7.91. The summed E-state index contributed by atoms with van der Waals surface area (Å²) in [7, 11) is 2.97. The minimum Gasteiger partial charge on any atom is -0.497 e. The molecule has 0 fully saturated rings. The minimum absolute atomic E-state index is 0.0290. The molecule has 0 saturated carbocycles. The van der Waals surface area contributed by atoms with Crippen LogP contribution in [0.4, 0.5) is 5.69 Å². The van der Waals surface area contributed by atoms with Crippen molar-refractivity contribution >= 4 is 28.3 Å². The average molecular weight is 381 g/mol. The first-order valence-corrected chi connectivity index (χ1v) is 8.52. The van der Waals surface area contributed by atoms with Gasteiger partial charge < -0.3 is 14.8 Å². The number of hydrogen-bond acceptors (Lipinski definition) is 6. The summed E-state index contributed by atoms with van der Waals surface area (Å²) in [6, 6.07) is 13.4. The molecule has 1 heterocycles. The van der Waals surface area contributed by atoms with Crippen molar-refractivity contribution in [3.63, 3.8) is 0 Å². The number of anilines is 1. The van der Waals surface area contributed by atoms with E-state index in [1.165, 1.54) is 21.1 Å². The van der Waals surface area contributed by atoms with Crippen LogP contribution < -0.4 is 15.6 Å². The van der Waals surface area contributed by atoms with Crippen LogP contribution in [0.2, 0.25) is 0 Å². The summed E-state index contributed by atoms with van der Waals surface area (Å²) < 4.78 is 11.4. The summed E-state index contributed by atoms with van der Waals surface area (Å²) in [5.41, 5.74) is 0.160. The molecule has 8 heteroatoms. The molecule has 1 atom stereocenters. The van der Waals surface area contributed by atoms with Crippen molar-refractivity contribution < 1.29 is 19.1 Å². The van der Waals surface area contributed by atoms with Crippen LogP contribution in [0.3, 0.4) is 0 Å². The van der Waals surface area contributed by atoms with Gasteiger partial charge in [-0.3, -0.25) is 9.59 Å². The Kier molecular flexibility index (Phi) is 5.39. The van der Waals surface area contributed by atoms with Gasteiger partial charge in [0.05, 0.1) is 12.5 Å². The van der Waals surface area contributed by atoms with Crippen LogP contribution in [0.1, 0.15) is 17.4 Å². The largest absolute Gasteiger partial charge is 0.497 e.